The van der Waals surface area contributed by atoms with Crippen LogP contribution in [0.5, 0.6) is 40.2 Å². The van der Waals surface area contributed by atoms with Gasteiger partial charge in [0.15, 0.2) is 17.3 Å². The summed E-state index contributed by atoms with van der Waals surface area (Å²) in [4.78, 5) is 13.0. The van der Waals surface area contributed by atoms with Crippen LogP contribution in [0.25, 0.3) is 6.08 Å². The zero-order chi connectivity index (χ0) is 32.4. The van der Waals surface area contributed by atoms with Crippen molar-refractivity contribution in [3.05, 3.63) is 70.2 Å². The van der Waals surface area contributed by atoms with Crippen LogP contribution in [-0.4, -0.2) is 64.0 Å². The summed E-state index contributed by atoms with van der Waals surface area (Å²) < 4.78 is 65.6. The van der Waals surface area contributed by atoms with Crippen molar-refractivity contribution in [1.82, 2.24) is 0 Å². The number of methoxy groups -OCH3 is 7. The summed E-state index contributed by atoms with van der Waals surface area (Å²) >= 11 is 6.41. The predicted molar refractivity (Wildman–Crippen MR) is 169 cm³/mol. The number of rotatable bonds is 15. The molecule has 14 heteroatoms. The van der Waals surface area contributed by atoms with Gasteiger partial charge >= 0.3 is 0 Å². The molecule has 0 spiro atoms. The number of halogens is 1. The summed E-state index contributed by atoms with van der Waals surface area (Å²) in [6, 6.07) is 9.24. The van der Waals surface area contributed by atoms with Crippen molar-refractivity contribution in [2.24, 2.45) is 0 Å². The predicted octanol–water partition coefficient (Wildman–Crippen LogP) is 5.62. The molecule has 0 amide bonds. The second kappa shape index (κ2) is 15.1. The summed E-state index contributed by atoms with van der Waals surface area (Å²) in [5, 5.41) is 3.97. The lowest BCUT2D eigenvalue weighted by Gasteiger charge is -2.15. The highest BCUT2D eigenvalue weighted by Crippen LogP contribution is 2.45. The number of carbonyl (C=O) groups excluding carboxylic acids is 1. The molecule has 3 aromatic carbocycles. The third kappa shape index (κ3) is 7.79. The molecule has 3 rings (SSSR count). The average molecular weight is 649 g/mol. The van der Waals surface area contributed by atoms with Crippen molar-refractivity contribution < 1.29 is 46.4 Å². The number of anilines is 2. The Morgan fingerprint density at radius 3 is 1.91 bits per heavy atom. The van der Waals surface area contributed by atoms with E-state index in [-0.39, 0.29) is 33.5 Å². The summed E-state index contributed by atoms with van der Waals surface area (Å²) in [5.41, 5.74) is 1.11. The number of sulfonamides is 1. The molecule has 12 nitrogen and oxygen atoms in total. The van der Waals surface area contributed by atoms with Gasteiger partial charge < -0.3 is 38.5 Å². The van der Waals surface area contributed by atoms with E-state index in [1.54, 1.807) is 18.2 Å². The first-order valence-electron chi connectivity index (χ1n) is 12.7. The first-order chi connectivity index (χ1) is 21.1. The van der Waals surface area contributed by atoms with Gasteiger partial charge in [-0.3, -0.25) is 9.52 Å². The van der Waals surface area contributed by atoms with Crippen LogP contribution < -0.4 is 43.2 Å². The number of hydrogen-bond donors (Lipinski definition) is 2. The Balaban J connectivity index is 1.84. The van der Waals surface area contributed by atoms with Gasteiger partial charge in [0.1, 0.15) is 23.0 Å². The fourth-order valence-electron chi connectivity index (χ4n) is 4.03. The molecule has 3 aromatic rings. The molecule has 236 valence electrons. The van der Waals surface area contributed by atoms with Gasteiger partial charge in [0.2, 0.25) is 5.75 Å². The Hall–Kier alpha value is -4.75. The maximum absolute atomic E-state index is 13.0. The Morgan fingerprint density at radius 1 is 0.750 bits per heavy atom. The fourth-order valence-corrected chi connectivity index (χ4v) is 5.18. The average Bonchev–Trinajstić information content (AvgIpc) is 3.02. The highest BCUT2D eigenvalue weighted by molar-refractivity contribution is 7.95. The standard InChI is InChI=1S/C30H33ClN2O10S/c1-37-19-15-25(39-3)20(26(16-19)40-4)11-13-44(35,36)33-18-8-9-24(38-2)22(14-18)32-12-10-23(34)21-17-27(41-5)29(42-6)30(43-7)28(21)31/h8-17,32-33H,1-7H3/b12-10+,13-11+. The number of nitrogens with one attached hydrogen (secondary N) is 2. The van der Waals surface area contributed by atoms with E-state index in [4.69, 9.17) is 44.8 Å². The normalized spacial score (nSPS) is 11.3. The number of carbonyl (C=O) groups is 1. The van der Waals surface area contributed by atoms with Gasteiger partial charge in [0, 0.05) is 30.0 Å². The van der Waals surface area contributed by atoms with Crippen LogP contribution in [0.4, 0.5) is 11.4 Å². The summed E-state index contributed by atoms with van der Waals surface area (Å²) in [6.07, 6.45) is 3.95. The minimum Gasteiger partial charge on any atom is -0.496 e. The van der Waals surface area contributed by atoms with E-state index in [1.165, 1.54) is 86.3 Å². The van der Waals surface area contributed by atoms with E-state index < -0.39 is 15.8 Å². The minimum absolute atomic E-state index is 0.0479. The Bertz CT molecular complexity index is 1650. The molecule has 0 bridgehead atoms. The molecule has 2 N–H and O–H groups in total. The lowest BCUT2D eigenvalue weighted by atomic mass is 10.1. The number of benzene rings is 3. The molecule has 0 aliphatic heterocycles. The topological polar surface area (TPSA) is 140 Å². The van der Waals surface area contributed by atoms with Gasteiger partial charge in [-0.1, -0.05) is 11.6 Å². The first kappa shape index (κ1) is 33.7. The van der Waals surface area contributed by atoms with Crippen LogP contribution in [0.1, 0.15) is 15.9 Å². The van der Waals surface area contributed by atoms with Crippen LogP contribution in [-0.2, 0) is 10.0 Å². The second-order valence-corrected chi connectivity index (χ2v) is 10.6. The van der Waals surface area contributed by atoms with E-state index in [0.717, 1.165) is 5.41 Å². The molecule has 0 fully saturated rings. The van der Waals surface area contributed by atoms with E-state index in [9.17, 15) is 13.2 Å². The van der Waals surface area contributed by atoms with Crippen molar-refractivity contribution in [1.29, 1.82) is 0 Å². The molecular formula is C30H33ClN2O10S. The van der Waals surface area contributed by atoms with Crippen molar-refractivity contribution >= 4 is 44.9 Å². The van der Waals surface area contributed by atoms with Gasteiger partial charge in [0.25, 0.3) is 10.0 Å². The smallest absolute Gasteiger partial charge is 0.255 e. The van der Waals surface area contributed by atoms with E-state index in [0.29, 0.717) is 34.2 Å². The molecule has 44 heavy (non-hydrogen) atoms. The third-order valence-electron chi connectivity index (χ3n) is 6.14. The van der Waals surface area contributed by atoms with Crippen molar-refractivity contribution in [3.63, 3.8) is 0 Å². The molecule has 0 atom stereocenters. The van der Waals surface area contributed by atoms with Crippen molar-refractivity contribution in [2.45, 2.75) is 0 Å². The number of ketones is 1. The number of ether oxygens (including phenoxy) is 7. The Labute approximate surface area is 261 Å². The molecule has 0 aromatic heterocycles. The quantitative estimate of drug-likeness (QED) is 0.157. The van der Waals surface area contributed by atoms with Crippen LogP contribution in [0.3, 0.4) is 0 Å². The maximum atomic E-state index is 13.0. The molecule has 0 radical (unpaired) electrons. The van der Waals surface area contributed by atoms with E-state index in [2.05, 4.69) is 10.0 Å². The second-order valence-electron chi connectivity index (χ2n) is 8.66. The first-order valence-corrected chi connectivity index (χ1v) is 14.6. The largest absolute Gasteiger partial charge is 0.496 e. The van der Waals surface area contributed by atoms with Crippen LogP contribution >= 0.6 is 11.6 Å². The van der Waals surface area contributed by atoms with Gasteiger partial charge in [-0.25, -0.2) is 8.42 Å². The third-order valence-corrected chi connectivity index (χ3v) is 7.52. The Kier molecular flexibility index (Phi) is 11.6. The Morgan fingerprint density at radius 2 is 1.36 bits per heavy atom. The summed E-state index contributed by atoms with van der Waals surface area (Å²) in [6.45, 7) is 0. The highest BCUT2D eigenvalue weighted by atomic mass is 35.5. The molecule has 0 heterocycles. The molecule has 0 saturated carbocycles. The van der Waals surface area contributed by atoms with Crippen molar-refractivity contribution in [3.8, 4) is 40.2 Å². The van der Waals surface area contributed by atoms with Gasteiger partial charge in [-0.15, -0.1) is 0 Å². The number of allylic oxidation sites excluding steroid dienone is 1. The molecule has 0 aliphatic carbocycles. The molecule has 0 saturated heterocycles. The zero-order valence-corrected chi connectivity index (χ0v) is 26.7. The minimum atomic E-state index is -3.99. The van der Waals surface area contributed by atoms with Crippen LogP contribution in [0, 0.1) is 0 Å². The van der Waals surface area contributed by atoms with Crippen LogP contribution in [0.2, 0.25) is 5.02 Å². The molecule has 0 unspecified atom stereocenters. The van der Waals surface area contributed by atoms with Gasteiger partial charge in [-0.2, -0.15) is 0 Å². The zero-order valence-electron chi connectivity index (χ0n) is 25.1. The van der Waals surface area contributed by atoms with Gasteiger partial charge in [-0.05, 0) is 30.3 Å². The summed E-state index contributed by atoms with van der Waals surface area (Å²) in [7, 11) is 6.10. The van der Waals surface area contributed by atoms with Crippen LogP contribution in [0.15, 0.2) is 54.1 Å². The van der Waals surface area contributed by atoms with E-state index >= 15 is 0 Å². The molecular weight excluding hydrogens is 616 g/mol. The monoisotopic (exact) mass is 648 g/mol. The highest BCUT2D eigenvalue weighted by Gasteiger charge is 2.22. The summed E-state index contributed by atoms with van der Waals surface area (Å²) in [5.74, 6) is 1.79. The number of hydrogen-bond acceptors (Lipinski definition) is 11. The lowest BCUT2D eigenvalue weighted by Crippen LogP contribution is -2.09. The van der Waals surface area contributed by atoms with Crippen molar-refractivity contribution in [2.75, 3.05) is 59.8 Å². The SMILES string of the molecule is COc1cc(OC)c(/C=C/S(=O)(=O)Nc2ccc(OC)c(N/C=C/C(=O)c3cc(OC)c(OC)c(OC)c3Cl)c2)c(OC)c1. The van der Waals surface area contributed by atoms with Gasteiger partial charge in [0.05, 0.1) is 77.1 Å². The lowest BCUT2D eigenvalue weighted by molar-refractivity contribution is 0.104. The van der Waals surface area contributed by atoms with E-state index in [1.807, 2.05) is 0 Å². The molecule has 0 aliphatic rings. The maximum Gasteiger partial charge on any atom is 0.255 e. The fraction of sp³-hybridized carbons (Fsp3) is 0.233.